The minimum atomic E-state index is -0.343. The number of benzene rings is 1. The van der Waals surface area contributed by atoms with Crippen molar-refractivity contribution in [3.05, 3.63) is 24.3 Å². The van der Waals surface area contributed by atoms with Gasteiger partial charge in [-0.3, -0.25) is 0 Å². The van der Waals surface area contributed by atoms with Crippen LogP contribution in [-0.2, 0) is 9.53 Å². The van der Waals surface area contributed by atoms with Gasteiger partial charge in [0.1, 0.15) is 5.75 Å². The molecular weight excluding hydrogens is 266 g/mol. The summed E-state index contributed by atoms with van der Waals surface area (Å²) in [7, 11) is 0. The van der Waals surface area contributed by atoms with Gasteiger partial charge >= 0.3 is 5.97 Å². The Labute approximate surface area is 127 Å². The summed E-state index contributed by atoms with van der Waals surface area (Å²) in [6.07, 6.45) is 8.42. The van der Waals surface area contributed by atoms with E-state index < -0.39 is 0 Å². The smallest absolute Gasteiger partial charge is 0.344 e. The number of rotatable bonds is 11. The number of unbranched alkanes of at least 4 members (excludes halogenated alkanes) is 6. The monoisotopic (exact) mass is 293 g/mol. The first-order valence-electron chi connectivity index (χ1n) is 7.87. The fraction of sp³-hybridized carbons (Fsp3) is 0.588. The number of hydrogen-bond acceptors (Lipinski definition) is 4. The molecule has 118 valence electrons. The van der Waals surface area contributed by atoms with E-state index in [9.17, 15) is 4.79 Å². The van der Waals surface area contributed by atoms with Gasteiger partial charge in [-0.1, -0.05) is 57.6 Å². The third kappa shape index (κ3) is 8.23. The summed E-state index contributed by atoms with van der Waals surface area (Å²) >= 11 is 0. The van der Waals surface area contributed by atoms with Crippen LogP contribution in [0.1, 0.15) is 51.9 Å². The Bertz CT molecular complexity index is 407. The van der Waals surface area contributed by atoms with Crippen LogP contribution in [0.3, 0.4) is 0 Å². The predicted octanol–water partition coefficient (Wildman–Crippen LogP) is 3.94. The summed E-state index contributed by atoms with van der Waals surface area (Å²) in [6.45, 7) is 2.59. The summed E-state index contributed by atoms with van der Waals surface area (Å²) in [6, 6.07) is 7.11. The summed E-state index contributed by atoms with van der Waals surface area (Å²) in [4.78, 5) is 11.5. The number of nitrogens with two attached hydrogens (primary N) is 1. The number of nitrogen functional groups attached to an aromatic ring is 1. The molecule has 0 atom stereocenters. The molecule has 1 rings (SSSR count). The van der Waals surface area contributed by atoms with Crippen LogP contribution in [0.25, 0.3) is 0 Å². The van der Waals surface area contributed by atoms with Gasteiger partial charge in [-0.2, -0.15) is 0 Å². The standard InChI is InChI=1S/C17H27NO3/c1-2-3-4-5-6-7-10-13-20-17(19)14-21-16-12-9-8-11-15(16)18/h8-9,11-12H,2-7,10,13-14,18H2,1H3. The zero-order valence-electron chi connectivity index (χ0n) is 13.0. The second kappa shape index (κ2) is 11.0. The van der Waals surface area contributed by atoms with Crippen LogP contribution in [0.5, 0.6) is 5.75 Å². The van der Waals surface area contributed by atoms with Gasteiger partial charge in [0.2, 0.25) is 0 Å². The van der Waals surface area contributed by atoms with Gasteiger partial charge in [-0.15, -0.1) is 0 Å². The number of hydrogen-bond donors (Lipinski definition) is 1. The van der Waals surface area contributed by atoms with Crippen molar-refractivity contribution in [2.24, 2.45) is 0 Å². The van der Waals surface area contributed by atoms with Gasteiger partial charge in [-0.25, -0.2) is 4.79 Å². The highest BCUT2D eigenvalue weighted by atomic mass is 16.6. The molecule has 0 bridgehead atoms. The molecule has 0 saturated heterocycles. The van der Waals surface area contributed by atoms with Crippen molar-refractivity contribution in [3.63, 3.8) is 0 Å². The van der Waals surface area contributed by atoms with Crippen molar-refractivity contribution < 1.29 is 14.3 Å². The first kappa shape index (κ1) is 17.3. The van der Waals surface area contributed by atoms with E-state index in [0.29, 0.717) is 18.0 Å². The maximum atomic E-state index is 11.5. The van der Waals surface area contributed by atoms with Gasteiger partial charge in [0.15, 0.2) is 6.61 Å². The lowest BCUT2D eigenvalue weighted by Crippen LogP contribution is -2.16. The van der Waals surface area contributed by atoms with Crippen molar-refractivity contribution in [1.82, 2.24) is 0 Å². The molecule has 0 heterocycles. The quantitative estimate of drug-likeness (QED) is 0.381. The molecule has 0 radical (unpaired) electrons. The summed E-state index contributed by atoms with van der Waals surface area (Å²) < 4.78 is 10.4. The van der Waals surface area contributed by atoms with Crippen LogP contribution in [-0.4, -0.2) is 19.2 Å². The molecule has 4 heteroatoms. The van der Waals surface area contributed by atoms with Crippen LogP contribution < -0.4 is 10.5 Å². The molecule has 0 unspecified atom stereocenters. The molecule has 0 spiro atoms. The van der Waals surface area contributed by atoms with E-state index in [2.05, 4.69) is 6.92 Å². The van der Waals surface area contributed by atoms with Crippen LogP contribution in [0, 0.1) is 0 Å². The van der Waals surface area contributed by atoms with E-state index in [-0.39, 0.29) is 12.6 Å². The maximum absolute atomic E-state index is 11.5. The summed E-state index contributed by atoms with van der Waals surface area (Å²) in [5.74, 6) is 0.176. The van der Waals surface area contributed by atoms with E-state index in [0.717, 1.165) is 12.8 Å². The lowest BCUT2D eigenvalue weighted by atomic mass is 10.1. The van der Waals surface area contributed by atoms with Crippen molar-refractivity contribution in [1.29, 1.82) is 0 Å². The molecule has 1 aromatic carbocycles. The third-order valence-corrected chi connectivity index (χ3v) is 3.28. The van der Waals surface area contributed by atoms with Gasteiger partial charge in [-0.05, 0) is 18.6 Å². The zero-order valence-corrected chi connectivity index (χ0v) is 13.0. The molecule has 0 aliphatic heterocycles. The molecule has 21 heavy (non-hydrogen) atoms. The molecule has 0 aliphatic carbocycles. The van der Waals surface area contributed by atoms with Crippen molar-refractivity contribution in [2.45, 2.75) is 51.9 Å². The minimum Gasteiger partial charge on any atom is -0.480 e. The van der Waals surface area contributed by atoms with Crippen molar-refractivity contribution in [3.8, 4) is 5.75 Å². The maximum Gasteiger partial charge on any atom is 0.344 e. The lowest BCUT2D eigenvalue weighted by molar-refractivity contribution is -0.146. The topological polar surface area (TPSA) is 61.5 Å². The van der Waals surface area contributed by atoms with Crippen LogP contribution >= 0.6 is 0 Å². The van der Waals surface area contributed by atoms with Crippen LogP contribution in [0.4, 0.5) is 5.69 Å². The number of carbonyl (C=O) groups is 1. The molecule has 4 nitrogen and oxygen atoms in total. The average molecular weight is 293 g/mol. The van der Waals surface area contributed by atoms with Gasteiger partial charge in [0, 0.05) is 0 Å². The Hall–Kier alpha value is -1.71. The summed E-state index contributed by atoms with van der Waals surface area (Å²) in [5, 5.41) is 0. The Morgan fingerprint density at radius 3 is 2.43 bits per heavy atom. The number of ether oxygens (including phenoxy) is 2. The first-order valence-corrected chi connectivity index (χ1v) is 7.87. The highest BCUT2D eigenvalue weighted by Crippen LogP contribution is 2.19. The first-order chi connectivity index (χ1) is 10.2. The van der Waals surface area contributed by atoms with Crippen molar-refractivity contribution in [2.75, 3.05) is 18.9 Å². The Morgan fingerprint density at radius 2 is 1.71 bits per heavy atom. The highest BCUT2D eigenvalue weighted by molar-refractivity contribution is 5.71. The Balaban J connectivity index is 2.00. The van der Waals surface area contributed by atoms with Gasteiger partial charge < -0.3 is 15.2 Å². The van der Waals surface area contributed by atoms with E-state index >= 15 is 0 Å². The Morgan fingerprint density at radius 1 is 1.05 bits per heavy atom. The number of carbonyl (C=O) groups excluding carboxylic acids is 1. The SMILES string of the molecule is CCCCCCCCCOC(=O)COc1ccccc1N. The minimum absolute atomic E-state index is 0.0925. The molecule has 0 aliphatic rings. The largest absolute Gasteiger partial charge is 0.480 e. The number of esters is 1. The molecule has 1 aromatic rings. The second-order valence-corrected chi connectivity index (χ2v) is 5.17. The molecule has 0 amide bonds. The second-order valence-electron chi connectivity index (χ2n) is 5.17. The van der Waals surface area contributed by atoms with E-state index in [1.165, 1.54) is 32.1 Å². The summed E-state index contributed by atoms with van der Waals surface area (Å²) in [5.41, 5.74) is 6.24. The fourth-order valence-electron chi connectivity index (χ4n) is 2.04. The fourth-order valence-corrected chi connectivity index (χ4v) is 2.04. The highest BCUT2D eigenvalue weighted by Gasteiger charge is 2.05. The average Bonchev–Trinajstić information content (AvgIpc) is 2.49. The van der Waals surface area contributed by atoms with E-state index in [4.69, 9.17) is 15.2 Å². The van der Waals surface area contributed by atoms with Crippen LogP contribution in [0.15, 0.2) is 24.3 Å². The molecule has 0 fully saturated rings. The Kier molecular flexibility index (Phi) is 9.09. The zero-order chi connectivity index (χ0) is 15.3. The number of anilines is 1. The molecular formula is C17H27NO3. The van der Waals surface area contributed by atoms with Gasteiger partial charge in [0.25, 0.3) is 0 Å². The molecule has 0 aromatic heterocycles. The van der Waals surface area contributed by atoms with Crippen molar-refractivity contribution >= 4 is 11.7 Å². The predicted molar refractivity (Wildman–Crippen MR) is 85.3 cm³/mol. The van der Waals surface area contributed by atoms with E-state index in [1.54, 1.807) is 12.1 Å². The van der Waals surface area contributed by atoms with Gasteiger partial charge in [0.05, 0.1) is 12.3 Å². The van der Waals surface area contributed by atoms with Crippen LogP contribution in [0.2, 0.25) is 0 Å². The van der Waals surface area contributed by atoms with E-state index in [1.807, 2.05) is 12.1 Å². The lowest BCUT2D eigenvalue weighted by Gasteiger charge is -2.08. The molecule has 0 saturated carbocycles. The molecule has 2 N–H and O–H groups in total. The third-order valence-electron chi connectivity index (χ3n) is 3.28. The normalized spacial score (nSPS) is 10.3. The number of para-hydroxylation sites is 2.